The molecule has 302 valence electrons. The van der Waals surface area contributed by atoms with Crippen LogP contribution < -0.4 is 26.9 Å². The highest BCUT2D eigenvalue weighted by molar-refractivity contribution is 7.86. The van der Waals surface area contributed by atoms with Crippen LogP contribution in [0.1, 0.15) is 45.6 Å². The van der Waals surface area contributed by atoms with E-state index in [0.29, 0.717) is 12.3 Å². The summed E-state index contributed by atoms with van der Waals surface area (Å²) in [4.78, 5) is 34.6. The van der Waals surface area contributed by atoms with E-state index in [1.165, 1.54) is 29.2 Å². The van der Waals surface area contributed by atoms with Gasteiger partial charge in [0, 0.05) is 59.9 Å². The first-order valence-corrected chi connectivity index (χ1v) is 20.5. The molecule has 0 fully saturated rings. The lowest BCUT2D eigenvalue weighted by Gasteiger charge is -2.22. The van der Waals surface area contributed by atoms with Crippen molar-refractivity contribution in [2.24, 2.45) is 0 Å². The van der Waals surface area contributed by atoms with Crippen LogP contribution in [-0.4, -0.2) is 66.2 Å². The van der Waals surface area contributed by atoms with Crippen molar-refractivity contribution >= 4 is 54.7 Å². The Bertz CT molecular complexity index is 2850. The second-order valence-corrected chi connectivity index (χ2v) is 16.2. The van der Waals surface area contributed by atoms with Gasteiger partial charge >= 0.3 is 0 Å². The average Bonchev–Trinajstić information content (AvgIpc) is 3.15. The predicted octanol–water partition coefficient (Wildman–Crippen LogP) is 4.50. The Morgan fingerprint density at radius 1 is 0.879 bits per heavy atom. The third-order valence-electron chi connectivity index (χ3n) is 9.43. The average molecular weight is 830 g/mol. The maximum Gasteiger partial charge on any atom is 0.300 e. The van der Waals surface area contributed by atoms with E-state index in [-0.39, 0.29) is 65.6 Å². The molecule has 0 radical (unpaired) electrons. The number of carbonyl (C=O) groups excluding carboxylic acids is 2. The maximum atomic E-state index is 14.0. The number of fused-ring (bicyclic) bond motifs is 2. The molecule has 4 aromatic rings. The van der Waals surface area contributed by atoms with Crippen molar-refractivity contribution in [3.63, 3.8) is 0 Å². The summed E-state index contributed by atoms with van der Waals surface area (Å²) >= 11 is 0. The van der Waals surface area contributed by atoms with Crippen LogP contribution in [-0.2, 0) is 38.2 Å². The highest BCUT2D eigenvalue weighted by Gasteiger charge is 2.32. The summed E-state index contributed by atoms with van der Waals surface area (Å²) in [5.74, 6) is -0.780. The molecule has 0 unspecified atom stereocenters. The van der Waals surface area contributed by atoms with Gasteiger partial charge in [-0.15, -0.1) is 0 Å². The van der Waals surface area contributed by atoms with Gasteiger partial charge in [0.1, 0.15) is 6.61 Å². The van der Waals surface area contributed by atoms with E-state index < -0.39 is 58.3 Å². The summed E-state index contributed by atoms with van der Waals surface area (Å²) < 4.78 is 81.9. The van der Waals surface area contributed by atoms with Gasteiger partial charge < -0.3 is 30.8 Å². The Balaban J connectivity index is 1.17. The monoisotopic (exact) mass is 829 g/mol. The fourth-order valence-corrected chi connectivity index (χ4v) is 7.91. The number of nitrogens with one attached hydrogen (secondary N) is 2. The normalized spacial score (nSPS) is 11.8. The van der Waals surface area contributed by atoms with Crippen molar-refractivity contribution < 1.29 is 44.7 Å². The summed E-state index contributed by atoms with van der Waals surface area (Å²) in [7, 11) is -8.66. The van der Waals surface area contributed by atoms with Crippen molar-refractivity contribution in [2.45, 2.75) is 49.6 Å². The van der Waals surface area contributed by atoms with Crippen molar-refractivity contribution in [2.75, 3.05) is 25.1 Å². The van der Waals surface area contributed by atoms with Crippen LogP contribution in [0.3, 0.4) is 0 Å². The largest absolute Gasteiger partial charge is 0.472 e. The van der Waals surface area contributed by atoms with Gasteiger partial charge in [-0.3, -0.25) is 24.1 Å². The molecular formula is C39H39N7O10S2. The third kappa shape index (κ3) is 8.61. The number of anilines is 2. The maximum absolute atomic E-state index is 14.0. The topological polar surface area (TPSA) is 282 Å². The van der Waals surface area contributed by atoms with Crippen LogP contribution in [0.5, 0.6) is 5.88 Å². The van der Waals surface area contributed by atoms with Gasteiger partial charge in [0.2, 0.25) is 17.7 Å². The number of ether oxygens (including phenoxy) is 1. The number of nitrogen functional groups attached to an aromatic ring is 2. The number of rotatable bonds is 13. The molecule has 0 saturated heterocycles. The lowest BCUT2D eigenvalue weighted by Crippen LogP contribution is -2.30. The van der Waals surface area contributed by atoms with Crippen LogP contribution in [0.4, 0.5) is 11.6 Å². The van der Waals surface area contributed by atoms with Gasteiger partial charge in [0.15, 0.2) is 21.1 Å². The number of amides is 2. The van der Waals surface area contributed by atoms with E-state index >= 15 is 0 Å². The standard InChI is InChI=1S/C39H39N7O10S2/c1-21-22(2)44-39(42)45-37(21)55-20-24-12-10-23(11-13-24)19-43-31(47)9-6-18-46(3)38(48)26-8-5-4-7-25(26)32-27-14-16-29(40)35(57(49,50)51)33(27)56-34-28(32)15-17-30(41)36(34)58(52,53)54/h4-5,7-8,10-17,40H,6,9,18-20,41H2,1-3H3,(H,43,47)(H2,42,44,45)(H,49,50,51)(H,52,53,54). The molecule has 17 nitrogen and oxygen atoms in total. The Kier molecular flexibility index (Phi) is 11.5. The lowest BCUT2D eigenvalue weighted by atomic mass is 9.90. The van der Waals surface area contributed by atoms with Crippen LogP contribution in [0, 0.1) is 19.3 Å². The van der Waals surface area contributed by atoms with Crippen molar-refractivity contribution in [1.29, 1.82) is 5.41 Å². The number of nitrogens with two attached hydrogens (primary N) is 2. The van der Waals surface area contributed by atoms with Crippen LogP contribution in [0.2, 0.25) is 0 Å². The highest BCUT2D eigenvalue weighted by atomic mass is 32.2. The van der Waals surface area contributed by atoms with Crippen molar-refractivity contribution in [3.05, 3.63) is 106 Å². The summed E-state index contributed by atoms with van der Waals surface area (Å²) in [5.41, 5.74) is 14.4. The molecule has 0 spiro atoms. The van der Waals surface area contributed by atoms with E-state index in [2.05, 4.69) is 15.3 Å². The molecule has 1 aromatic heterocycles. The smallest absolute Gasteiger partial charge is 0.300 e. The summed E-state index contributed by atoms with van der Waals surface area (Å²) in [6.07, 6.45) is 0.408. The minimum Gasteiger partial charge on any atom is -0.472 e. The number of hydrogen-bond acceptors (Lipinski definition) is 13. The summed E-state index contributed by atoms with van der Waals surface area (Å²) in [6, 6.07) is 18.8. The SMILES string of the molecule is Cc1nc(N)nc(OCc2ccc(CNC(=O)CCCN(C)C(=O)c3ccccc3-c3c4ccc(=N)c(S(=O)(=O)O)c-4oc4c(S(=O)(=O)O)c(N)ccc34)cc2)c1C. The van der Waals surface area contributed by atoms with E-state index in [0.717, 1.165) is 28.5 Å². The van der Waals surface area contributed by atoms with Gasteiger partial charge in [-0.05, 0) is 67.3 Å². The summed E-state index contributed by atoms with van der Waals surface area (Å²) in [6.45, 7) is 4.38. The molecule has 0 bridgehead atoms. The van der Waals surface area contributed by atoms with Gasteiger partial charge in [-0.1, -0.05) is 42.5 Å². The number of benzene rings is 4. The lowest BCUT2D eigenvalue weighted by molar-refractivity contribution is -0.121. The fourth-order valence-electron chi connectivity index (χ4n) is 6.43. The third-order valence-corrected chi connectivity index (χ3v) is 11.3. The molecule has 1 aliphatic heterocycles. The van der Waals surface area contributed by atoms with Crippen LogP contribution >= 0.6 is 0 Å². The molecule has 1 aliphatic carbocycles. The number of aryl methyl sites for hydroxylation is 1. The van der Waals surface area contributed by atoms with Crippen molar-refractivity contribution in [3.8, 4) is 28.3 Å². The predicted molar refractivity (Wildman–Crippen MR) is 213 cm³/mol. The molecule has 0 saturated carbocycles. The van der Waals surface area contributed by atoms with Gasteiger partial charge in [0.25, 0.3) is 26.1 Å². The number of aromatic nitrogens is 2. The molecule has 2 amide bonds. The van der Waals surface area contributed by atoms with Gasteiger partial charge in [-0.25, -0.2) is 4.98 Å². The first kappa shape index (κ1) is 41.2. The number of hydrogen-bond donors (Lipinski definition) is 6. The zero-order valence-corrected chi connectivity index (χ0v) is 33.1. The zero-order valence-electron chi connectivity index (χ0n) is 31.4. The second kappa shape index (κ2) is 16.2. The molecular weight excluding hydrogens is 791 g/mol. The molecule has 3 aromatic carbocycles. The first-order chi connectivity index (χ1) is 27.3. The van der Waals surface area contributed by atoms with Crippen LogP contribution in [0.15, 0.2) is 87.0 Å². The Morgan fingerprint density at radius 3 is 2.24 bits per heavy atom. The summed E-state index contributed by atoms with van der Waals surface area (Å²) in [5, 5.41) is 10.4. The molecule has 0 atom stereocenters. The Labute approximate surface area is 333 Å². The van der Waals surface area contributed by atoms with E-state index in [1.54, 1.807) is 25.2 Å². The molecule has 2 aliphatic rings. The second-order valence-electron chi connectivity index (χ2n) is 13.5. The van der Waals surface area contributed by atoms with Gasteiger partial charge in [0.05, 0.1) is 11.0 Å². The molecule has 2 heterocycles. The van der Waals surface area contributed by atoms with E-state index in [4.69, 9.17) is 26.0 Å². The number of nitrogens with zero attached hydrogens (tertiary/aromatic N) is 3. The minimum absolute atomic E-state index is 0.00255. The molecule has 8 N–H and O–H groups in total. The highest BCUT2D eigenvalue weighted by Crippen LogP contribution is 2.45. The molecule has 58 heavy (non-hydrogen) atoms. The zero-order chi connectivity index (χ0) is 42.1. The molecule has 19 heteroatoms. The Morgan fingerprint density at radius 2 is 1.55 bits per heavy atom. The van der Waals surface area contributed by atoms with E-state index in [9.17, 15) is 35.5 Å². The quantitative estimate of drug-likeness (QED) is 0.0531. The molecule has 6 rings (SSSR count). The first-order valence-electron chi connectivity index (χ1n) is 17.6. The fraction of sp³-hybridized carbons (Fsp3) is 0.205. The van der Waals surface area contributed by atoms with Crippen molar-refractivity contribution in [1.82, 2.24) is 20.2 Å². The minimum atomic E-state index is -5.12. The van der Waals surface area contributed by atoms with E-state index in [1.807, 2.05) is 38.1 Å². The van der Waals surface area contributed by atoms with Gasteiger partial charge in [-0.2, -0.15) is 21.8 Å². The Hall–Kier alpha value is -6.41. The number of carbonyl (C=O) groups is 2. The van der Waals surface area contributed by atoms with Crippen LogP contribution in [0.25, 0.3) is 33.4 Å².